The molecule has 1 aliphatic heterocycles. The molecule has 1 N–H and O–H groups in total. The van der Waals surface area contributed by atoms with Gasteiger partial charge in [0.25, 0.3) is 0 Å². The number of piperidine rings is 1. The van der Waals surface area contributed by atoms with Crippen LogP contribution in [-0.2, 0) is 4.52 Å². The largest absolute Gasteiger partial charge is 0.362 e. The van der Waals surface area contributed by atoms with E-state index in [4.69, 9.17) is 4.52 Å². The van der Waals surface area contributed by atoms with Crippen molar-refractivity contribution in [3.05, 3.63) is 0 Å². The van der Waals surface area contributed by atoms with Crippen LogP contribution in [-0.4, -0.2) is 19.2 Å². The average molecular weight is 133 g/mol. The van der Waals surface area contributed by atoms with Crippen LogP contribution < -0.4 is 5.32 Å². The van der Waals surface area contributed by atoms with E-state index in [1.54, 1.807) is 0 Å². The van der Waals surface area contributed by atoms with E-state index in [0.717, 1.165) is 25.9 Å². The Morgan fingerprint density at radius 1 is 1.38 bits per heavy atom. The molecular formula is C5H12NOP. The molecule has 0 radical (unpaired) electrons. The lowest BCUT2D eigenvalue weighted by Crippen LogP contribution is -2.30. The Morgan fingerprint density at radius 2 is 2.00 bits per heavy atom. The van der Waals surface area contributed by atoms with E-state index < -0.39 is 0 Å². The topological polar surface area (TPSA) is 21.3 Å². The van der Waals surface area contributed by atoms with Gasteiger partial charge in [-0.15, -0.1) is 0 Å². The highest BCUT2D eigenvalue weighted by Gasteiger charge is 2.10. The number of hydrogen-bond acceptors (Lipinski definition) is 2. The zero-order valence-electron chi connectivity index (χ0n) is 4.89. The van der Waals surface area contributed by atoms with Gasteiger partial charge in [-0.2, -0.15) is 0 Å². The Bertz CT molecular complexity index is 63.4. The van der Waals surface area contributed by atoms with Gasteiger partial charge in [-0.1, -0.05) is 0 Å². The smallest absolute Gasteiger partial charge is 0.0635 e. The number of rotatable bonds is 1. The minimum absolute atomic E-state index is 0.487. The van der Waals surface area contributed by atoms with Gasteiger partial charge in [0.15, 0.2) is 0 Å². The predicted molar refractivity (Wildman–Crippen MR) is 36.7 cm³/mol. The summed E-state index contributed by atoms with van der Waals surface area (Å²) in [6.45, 7) is 2.22. The van der Waals surface area contributed by atoms with Crippen molar-refractivity contribution in [3.8, 4) is 0 Å². The van der Waals surface area contributed by atoms with Gasteiger partial charge in [0.1, 0.15) is 0 Å². The van der Waals surface area contributed by atoms with Crippen LogP contribution in [0.15, 0.2) is 0 Å². The van der Waals surface area contributed by atoms with Crippen molar-refractivity contribution >= 4 is 9.47 Å². The quantitative estimate of drug-likeness (QED) is 0.527. The second-order valence-corrected chi connectivity index (χ2v) is 2.36. The van der Waals surface area contributed by atoms with Crippen LogP contribution >= 0.6 is 9.47 Å². The summed E-state index contributed by atoms with van der Waals surface area (Å²) in [4.78, 5) is 0. The van der Waals surface area contributed by atoms with Gasteiger partial charge < -0.3 is 9.84 Å². The Hall–Kier alpha value is 0.350. The normalized spacial score (nSPS) is 23.6. The maximum atomic E-state index is 5.07. The summed E-state index contributed by atoms with van der Waals surface area (Å²) in [6.07, 6.45) is 2.80. The molecule has 8 heavy (non-hydrogen) atoms. The standard InChI is InChI=1S/C5H12NOP/c8-7-5-1-3-6-4-2-5/h5-6H,1-4,8H2. The number of hydrogen-bond donors (Lipinski definition) is 1. The summed E-state index contributed by atoms with van der Waals surface area (Å²) in [5.41, 5.74) is 0. The van der Waals surface area contributed by atoms with Crippen molar-refractivity contribution in [3.63, 3.8) is 0 Å². The fourth-order valence-corrected chi connectivity index (χ4v) is 1.20. The highest BCUT2D eigenvalue weighted by Crippen LogP contribution is 2.09. The Balaban J connectivity index is 2.13. The lowest BCUT2D eigenvalue weighted by molar-refractivity contribution is 0.192. The van der Waals surface area contributed by atoms with Crippen LogP contribution in [0.1, 0.15) is 12.8 Å². The molecule has 3 heteroatoms. The molecule has 0 amide bonds. The van der Waals surface area contributed by atoms with Crippen molar-refractivity contribution in [2.75, 3.05) is 13.1 Å². The average Bonchev–Trinajstić information content (AvgIpc) is 1.90. The third kappa shape index (κ3) is 1.70. The van der Waals surface area contributed by atoms with Gasteiger partial charge in [0, 0.05) is 9.47 Å². The van der Waals surface area contributed by atoms with Crippen molar-refractivity contribution in [1.82, 2.24) is 5.32 Å². The van der Waals surface area contributed by atoms with Gasteiger partial charge in [-0.05, 0) is 25.9 Å². The van der Waals surface area contributed by atoms with Gasteiger partial charge in [0.05, 0.1) is 6.10 Å². The molecule has 48 valence electrons. The van der Waals surface area contributed by atoms with Gasteiger partial charge in [0.2, 0.25) is 0 Å². The van der Waals surface area contributed by atoms with E-state index in [1.165, 1.54) is 0 Å². The molecule has 1 atom stereocenters. The second-order valence-electron chi connectivity index (χ2n) is 2.09. The lowest BCUT2D eigenvalue weighted by atomic mass is 10.1. The van der Waals surface area contributed by atoms with Crippen molar-refractivity contribution in [2.24, 2.45) is 0 Å². The third-order valence-corrected chi connectivity index (χ3v) is 1.86. The molecule has 1 rings (SSSR count). The molecule has 0 aromatic carbocycles. The minimum Gasteiger partial charge on any atom is -0.362 e. The van der Waals surface area contributed by atoms with Crippen molar-refractivity contribution in [2.45, 2.75) is 18.9 Å². The van der Waals surface area contributed by atoms with Crippen LogP contribution in [0.4, 0.5) is 0 Å². The van der Waals surface area contributed by atoms with Gasteiger partial charge in [-0.25, -0.2) is 0 Å². The zero-order valence-corrected chi connectivity index (χ0v) is 6.05. The Labute approximate surface area is 52.3 Å². The van der Waals surface area contributed by atoms with E-state index in [1.807, 2.05) is 0 Å². The molecule has 1 unspecified atom stereocenters. The molecule has 1 heterocycles. The fourth-order valence-electron chi connectivity index (χ4n) is 0.932. The van der Waals surface area contributed by atoms with E-state index in [2.05, 4.69) is 14.8 Å². The fraction of sp³-hybridized carbons (Fsp3) is 1.00. The summed E-state index contributed by atoms with van der Waals surface area (Å²) in [6, 6.07) is 0. The Kier molecular flexibility index (Phi) is 2.74. The predicted octanol–water partition coefficient (Wildman–Crippen LogP) is 0.545. The monoisotopic (exact) mass is 133 g/mol. The number of nitrogens with one attached hydrogen (secondary N) is 1. The van der Waals surface area contributed by atoms with Crippen molar-refractivity contribution in [1.29, 1.82) is 0 Å². The molecule has 1 fully saturated rings. The first kappa shape index (κ1) is 6.47. The summed E-state index contributed by atoms with van der Waals surface area (Å²) in [7, 11) is 2.32. The van der Waals surface area contributed by atoms with Crippen LogP contribution in [0.25, 0.3) is 0 Å². The molecule has 1 aliphatic rings. The van der Waals surface area contributed by atoms with Gasteiger partial charge >= 0.3 is 0 Å². The summed E-state index contributed by atoms with van der Waals surface area (Å²) in [5, 5.41) is 3.26. The van der Waals surface area contributed by atoms with Crippen molar-refractivity contribution < 1.29 is 4.52 Å². The maximum absolute atomic E-state index is 5.07. The molecule has 0 saturated carbocycles. The molecule has 0 aliphatic carbocycles. The van der Waals surface area contributed by atoms with E-state index in [9.17, 15) is 0 Å². The maximum Gasteiger partial charge on any atom is 0.0635 e. The Morgan fingerprint density at radius 3 is 2.38 bits per heavy atom. The first-order chi connectivity index (χ1) is 3.93. The van der Waals surface area contributed by atoms with Crippen LogP contribution in [0, 0.1) is 0 Å². The SMILES string of the molecule is POC1CCNCC1. The first-order valence-corrected chi connectivity index (χ1v) is 3.47. The molecule has 0 aromatic rings. The molecule has 0 aromatic heterocycles. The third-order valence-electron chi connectivity index (χ3n) is 1.48. The van der Waals surface area contributed by atoms with Crippen LogP contribution in [0.3, 0.4) is 0 Å². The summed E-state index contributed by atoms with van der Waals surface area (Å²) >= 11 is 0. The summed E-state index contributed by atoms with van der Waals surface area (Å²) in [5.74, 6) is 0. The van der Waals surface area contributed by atoms with E-state index in [-0.39, 0.29) is 0 Å². The molecule has 0 spiro atoms. The van der Waals surface area contributed by atoms with E-state index in [0.29, 0.717) is 6.10 Å². The highest BCUT2D eigenvalue weighted by molar-refractivity contribution is 7.09. The second kappa shape index (κ2) is 3.39. The molecular weight excluding hydrogens is 121 g/mol. The molecule has 1 saturated heterocycles. The van der Waals surface area contributed by atoms with Crippen LogP contribution in [0.2, 0.25) is 0 Å². The van der Waals surface area contributed by atoms with Gasteiger partial charge in [-0.3, -0.25) is 0 Å². The molecule has 2 nitrogen and oxygen atoms in total. The summed E-state index contributed by atoms with van der Waals surface area (Å²) < 4.78 is 5.07. The highest BCUT2D eigenvalue weighted by atomic mass is 31.0. The zero-order chi connectivity index (χ0) is 5.82. The lowest BCUT2D eigenvalue weighted by Gasteiger charge is -2.20. The minimum atomic E-state index is 0.487. The van der Waals surface area contributed by atoms with E-state index >= 15 is 0 Å². The molecule has 0 bridgehead atoms. The first-order valence-electron chi connectivity index (χ1n) is 3.00. The van der Waals surface area contributed by atoms with Crippen LogP contribution in [0.5, 0.6) is 0 Å².